The van der Waals surface area contributed by atoms with Gasteiger partial charge in [0.2, 0.25) is 0 Å². The monoisotopic (exact) mass is 196 g/mol. The van der Waals surface area contributed by atoms with Gasteiger partial charge in [-0.15, -0.1) is 0 Å². The van der Waals surface area contributed by atoms with Crippen molar-refractivity contribution < 1.29 is 15.0 Å². The van der Waals surface area contributed by atoms with E-state index in [1.807, 2.05) is 13.8 Å². The normalized spacial score (nSPS) is 40.6. The van der Waals surface area contributed by atoms with Crippen LogP contribution in [-0.4, -0.2) is 22.1 Å². The second-order valence-corrected chi connectivity index (χ2v) is 5.02. The van der Waals surface area contributed by atoms with E-state index >= 15 is 0 Å². The van der Waals surface area contributed by atoms with E-state index in [1.165, 1.54) is 6.08 Å². The third kappa shape index (κ3) is 1.19. The molecule has 14 heavy (non-hydrogen) atoms. The van der Waals surface area contributed by atoms with Crippen molar-refractivity contribution in [1.29, 1.82) is 0 Å². The van der Waals surface area contributed by atoms with Crippen molar-refractivity contribution in [2.75, 3.05) is 0 Å². The molecule has 3 heteroatoms. The van der Waals surface area contributed by atoms with Gasteiger partial charge in [0.05, 0.1) is 11.9 Å². The molecule has 0 radical (unpaired) electrons. The first-order valence-electron chi connectivity index (χ1n) is 5.05. The average molecular weight is 196 g/mol. The number of fused-ring (bicyclic) bond motifs is 2. The standard InChI is InChI=1S/C11H16O3/c1-11(2)7-3-6(12)4-8(11)10(14)5-9(7)13/h5-8,12-13H,3-4H2,1-2H3. The molecule has 0 heterocycles. The van der Waals surface area contributed by atoms with Crippen LogP contribution in [0.15, 0.2) is 11.8 Å². The van der Waals surface area contributed by atoms with Crippen LogP contribution in [0.3, 0.4) is 0 Å². The van der Waals surface area contributed by atoms with Crippen LogP contribution < -0.4 is 0 Å². The summed E-state index contributed by atoms with van der Waals surface area (Å²) >= 11 is 0. The number of carbonyl (C=O) groups excluding carboxylic acids is 1. The minimum absolute atomic E-state index is 0.0394. The lowest BCUT2D eigenvalue weighted by molar-refractivity contribution is -0.131. The molecule has 3 nitrogen and oxygen atoms in total. The topological polar surface area (TPSA) is 57.5 Å². The van der Waals surface area contributed by atoms with Gasteiger partial charge in [0.15, 0.2) is 5.78 Å². The maximum atomic E-state index is 11.6. The van der Waals surface area contributed by atoms with Crippen LogP contribution in [0, 0.1) is 17.3 Å². The van der Waals surface area contributed by atoms with Crippen LogP contribution in [0.5, 0.6) is 0 Å². The van der Waals surface area contributed by atoms with Crippen LogP contribution in [0.4, 0.5) is 0 Å². The molecule has 3 unspecified atom stereocenters. The summed E-state index contributed by atoms with van der Waals surface area (Å²) in [4.78, 5) is 11.6. The molecule has 2 N–H and O–H groups in total. The summed E-state index contributed by atoms with van der Waals surface area (Å²) in [6.07, 6.45) is 2.00. The minimum Gasteiger partial charge on any atom is -0.512 e. The van der Waals surface area contributed by atoms with Crippen LogP contribution in [0.25, 0.3) is 0 Å². The summed E-state index contributed by atoms with van der Waals surface area (Å²) in [5, 5.41) is 19.3. The smallest absolute Gasteiger partial charge is 0.162 e. The zero-order chi connectivity index (χ0) is 10.5. The molecule has 78 valence electrons. The summed E-state index contributed by atoms with van der Waals surface area (Å²) < 4.78 is 0. The molecule has 0 aromatic rings. The van der Waals surface area contributed by atoms with E-state index in [0.717, 1.165) is 0 Å². The van der Waals surface area contributed by atoms with E-state index < -0.39 is 6.10 Å². The molecule has 2 aliphatic carbocycles. The van der Waals surface area contributed by atoms with Gasteiger partial charge in [-0.05, 0) is 18.3 Å². The van der Waals surface area contributed by atoms with Crippen molar-refractivity contribution in [1.82, 2.24) is 0 Å². The van der Waals surface area contributed by atoms with Crippen molar-refractivity contribution in [3.8, 4) is 0 Å². The first-order chi connectivity index (χ1) is 6.43. The van der Waals surface area contributed by atoms with Crippen LogP contribution in [0.1, 0.15) is 26.7 Å². The molecule has 0 amide bonds. The Morgan fingerprint density at radius 1 is 1.36 bits per heavy atom. The Morgan fingerprint density at radius 3 is 2.57 bits per heavy atom. The first-order valence-corrected chi connectivity index (χ1v) is 5.05. The van der Waals surface area contributed by atoms with E-state index in [1.54, 1.807) is 0 Å². The van der Waals surface area contributed by atoms with E-state index in [9.17, 15) is 15.0 Å². The van der Waals surface area contributed by atoms with Crippen LogP contribution in [0.2, 0.25) is 0 Å². The summed E-state index contributed by atoms with van der Waals surface area (Å²) in [6.45, 7) is 3.99. The Hall–Kier alpha value is -0.830. The highest BCUT2D eigenvalue weighted by molar-refractivity contribution is 5.94. The number of aliphatic hydroxyl groups is 2. The zero-order valence-electron chi connectivity index (χ0n) is 8.53. The number of rotatable bonds is 0. The molecular weight excluding hydrogens is 180 g/mol. The molecule has 0 aromatic heterocycles. The van der Waals surface area contributed by atoms with Crippen molar-refractivity contribution in [2.24, 2.45) is 17.3 Å². The summed E-state index contributed by atoms with van der Waals surface area (Å²) in [7, 11) is 0. The fourth-order valence-electron chi connectivity index (χ4n) is 2.82. The van der Waals surface area contributed by atoms with Crippen LogP contribution in [-0.2, 0) is 4.79 Å². The summed E-state index contributed by atoms with van der Waals surface area (Å²) in [5.74, 6) is -0.0846. The largest absolute Gasteiger partial charge is 0.512 e. The molecule has 0 saturated heterocycles. The Bertz CT molecular complexity index is 304. The SMILES string of the molecule is CC1(C)C2CC(O)CC1C(O)=CC2=O. The molecule has 1 fully saturated rings. The van der Waals surface area contributed by atoms with E-state index in [2.05, 4.69) is 0 Å². The number of hydrogen-bond donors (Lipinski definition) is 2. The summed E-state index contributed by atoms with van der Waals surface area (Å²) in [5.41, 5.74) is -0.213. The quantitative estimate of drug-likeness (QED) is 0.616. The fraction of sp³-hybridized carbons (Fsp3) is 0.727. The highest BCUT2D eigenvalue weighted by atomic mass is 16.3. The Morgan fingerprint density at radius 2 is 1.93 bits per heavy atom. The Labute approximate surface area is 83.4 Å². The number of allylic oxidation sites excluding steroid dienone is 2. The fourth-order valence-corrected chi connectivity index (χ4v) is 2.82. The van der Waals surface area contributed by atoms with Crippen molar-refractivity contribution in [3.05, 3.63) is 11.8 Å². The van der Waals surface area contributed by atoms with Crippen LogP contribution >= 0.6 is 0 Å². The molecule has 3 atom stereocenters. The predicted octanol–water partition coefficient (Wildman–Crippen LogP) is 1.42. The maximum absolute atomic E-state index is 11.6. The lowest BCUT2D eigenvalue weighted by atomic mass is 9.57. The van der Waals surface area contributed by atoms with Gasteiger partial charge in [0.1, 0.15) is 0 Å². The Kier molecular flexibility index (Phi) is 1.96. The first kappa shape index (κ1) is 9.71. The molecule has 2 rings (SSSR count). The van der Waals surface area contributed by atoms with Gasteiger partial charge in [0.25, 0.3) is 0 Å². The van der Waals surface area contributed by atoms with Gasteiger partial charge in [-0.25, -0.2) is 0 Å². The lowest BCUT2D eigenvalue weighted by Crippen LogP contribution is -2.48. The van der Waals surface area contributed by atoms with E-state index in [4.69, 9.17) is 0 Å². The number of hydrogen-bond acceptors (Lipinski definition) is 3. The predicted molar refractivity (Wildman–Crippen MR) is 51.7 cm³/mol. The van der Waals surface area contributed by atoms with Gasteiger partial charge in [-0.2, -0.15) is 0 Å². The molecule has 1 saturated carbocycles. The highest BCUT2D eigenvalue weighted by Gasteiger charge is 2.50. The Balaban J connectivity index is 2.44. The molecule has 0 aromatic carbocycles. The van der Waals surface area contributed by atoms with E-state index in [0.29, 0.717) is 12.8 Å². The molecule has 2 bridgehead atoms. The third-order valence-electron chi connectivity index (χ3n) is 3.80. The summed E-state index contributed by atoms with van der Waals surface area (Å²) in [6, 6.07) is 0. The van der Waals surface area contributed by atoms with Gasteiger partial charge in [-0.1, -0.05) is 13.8 Å². The van der Waals surface area contributed by atoms with Gasteiger partial charge in [0, 0.05) is 17.9 Å². The second kappa shape index (κ2) is 2.83. The molecule has 0 spiro atoms. The van der Waals surface area contributed by atoms with Gasteiger partial charge < -0.3 is 10.2 Å². The van der Waals surface area contributed by atoms with Crippen molar-refractivity contribution in [3.63, 3.8) is 0 Å². The minimum atomic E-state index is -0.446. The lowest BCUT2D eigenvalue weighted by Gasteiger charge is -2.47. The average Bonchev–Trinajstić information content (AvgIpc) is 2.05. The molecule has 2 aliphatic rings. The molecular formula is C11H16O3. The van der Waals surface area contributed by atoms with E-state index in [-0.39, 0.29) is 28.8 Å². The number of ketones is 1. The maximum Gasteiger partial charge on any atom is 0.162 e. The second-order valence-electron chi connectivity index (χ2n) is 5.02. The van der Waals surface area contributed by atoms with Crippen molar-refractivity contribution >= 4 is 5.78 Å². The van der Waals surface area contributed by atoms with Gasteiger partial charge >= 0.3 is 0 Å². The number of carbonyl (C=O) groups is 1. The molecule has 0 aliphatic heterocycles. The highest BCUT2D eigenvalue weighted by Crippen LogP contribution is 2.50. The van der Waals surface area contributed by atoms with Gasteiger partial charge in [-0.3, -0.25) is 4.79 Å². The van der Waals surface area contributed by atoms with Crippen molar-refractivity contribution in [2.45, 2.75) is 32.8 Å². The third-order valence-corrected chi connectivity index (χ3v) is 3.80. The zero-order valence-corrected chi connectivity index (χ0v) is 8.53. The number of aliphatic hydroxyl groups excluding tert-OH is 2.